The van der Waals surface area contributed by atoms with E-state index in [1.54, 1.807) is 0 Å². The second-order valence-electron chi connectivity index (χ2n) is 4.56. The first-order valence-corrected chi connectivity index (χ1v) is 6.60. The van der Waals surface area contributed by atoms with E-state index in [1.807, 2.05) is 24.3 Å². The Hall–Kier alpha value is -1.87. The fraction of sp³-hybridized carbons (Fsp3) is 0.188. The number of hydrogen-bond acceptors (Lipinski definition) is 2. The lowest BCUT2D eigenvalue weighted by molar-refractivity contribution is 0.306. The topological polar surface area (TPSA) is 35.2 Å². The van der Waals surface area contributed by atoms with Gasteiger partial charge in [-0.05, 0) is 30.2 Å². The van der Waals surface area contributed by atoms with Gasteiger partial charge < -0.3 is 10.5 Å². The lowest BCUT2D eigenvalue weighted by Gasteiger charge is -2.07. The Morgan fingerprint density at radius 2 is 1.58 bits per heavy atom. The Morgan fingerprint density at radius 3 is 2.16 bits per heavy atom. The molecular weight excluding hydrogens is 254 g/mol. The molecule has 2 nitrogen and oxygen atoms in total. The van der Waals surface area contributed by atoms with Crippen molar-refractivity contribution in [3.63, 3.8) is 0 Å². The number of hydrogen-bond donors (Lipinski definition) is 1. The van der Waals surface area contributed by atoms with E-state index in [0.29, 0.717) is 18.0 Å². The highest BCUT2D eigenvalue weighted by atomic mass is 32.1. The standard InChI is InChI=1S/C16H17NOS/c1-12-2-4-14(5-3-12)11-18-15-8-6-13(7-9-15)10-16(17)19/h2-9H,10-11H2,1H3,(H2,17,19). The van der Waals surface area contributed by atoms with Gasteiger partial charge in [0.15, 0.2) is 0 Å². The molecule has 98 valence electrons. The average Bonchev–Trinajstić information content (AvgIpc) is 2.39. The summed E-state index contributed by atoms with van der Waals surface area (Å²) in [7, 11) is 0. The van der Waals surface area contributed by atoms with Gasteiger partial charge >= 0.3 is 0 Å². The van der Waals surface area contributed by atoms with Crippen LogP contribution in [0.1, 0.15) is 16.7 Å². The van der Waals surface area contributed by atoms with E-state index in [4.69, 9.17) is 22.7 Å². The van der Waals surface area contributed by atoms with Crippen molar-refractivity contribution in [3.05, 3.63) is 65.2 Å². The SMILES string of the molecule is Cc1ccc(COc2ccc(CC(N)=S)cc2)cc1. The van der Waals surface area contributed by atoms with E-state index in [0.717, 1.165) is 16.9 Å². The van der Waals surface area contributed by atoms with Gasteiger partial charge in [-0.15, -0.1) is 0 Å². The Labute approximate surface area is 119 Å². The van der Waals surface area contributed by atoms with E-state index in [2.05, 4.69) is 31.2 Å². The molecule has 0 amide bonds. The molecule has 0 unspecified atom stereocenters. The monoisotopic (exact) mass is 271 g/mol. The van der Waals surface area contributed by atoms with Crippen LogP contribution >= 0.6 is 12.2 Å². The van der Waals surface area contributed by atoms with Crippen molar-refractivity contribution < 1.29 is 4.74 Å². The molecule has 0 heterocycles. The van der Waals surface area contributed by atoms with Gasteiger partial charge in [-0.1, -0.05) is 54.2 Å². The molecule has 3 heteroatoms. The van der Waals surface area contributed by atoms with Crippen LogP contribution in [-0.2, 0) is 13.0 Å². The van der Waals surface area contributed by atoms with Crippen molar-refractivity contribution in [1.82, 2.24) is 0 Å². The second kappa shape index (κ2) is 6.34. The van der Waals surface area contributed by atoms with E-state index < -0.39 is 0 Å². The maximum absolute atomic E-state index is 5.73. The molecule has 0 spiro atoms. The number of aryl methyl sites for hydroxylation is 1. The molecule has 0 aromatic heterocycles. The predicted molar refractivity (Wildman–Crippen MR) is 82.4 cm³/mol. The van der Waals surface area contributed by atoms with Gasteiger partial charge in [0.2, 0.25) is 0 Å². The zero-order valence-corrected chi connectivity index (χ0v) is 11.7. The molecule has 0 fully saturated rings. The number of nitrogens with two attached hydrogens (primary N) is 1. The molecule has 2 rings (SSSR count). The Balaban J connectivity index is 1.92. The molecule has 0 saturated carbocycles. The maximum atomic E-state index is 5.73. The third-order valence-electron chi connectivity index (χ3n) is 2.83. The molecule has 0 aliphatic rings. The predicted octanol–water partition coefficient (Wildman–Crippen LogP) is 3.40. The molecule has 0 atom stereocenters. The van der Waals surface area contributed by atoms with Crippen molar-refractivity contribution in [3.8, 4) is 5.75 Å². The summed E-state index contributed by atoms with van der Waals surface area (Å²) >= 11 is 4.88. The van der Waals surface area contributed by atoms with Crippen LogP contribution in [0.4, 0.5) is 0 Å². The molecule has 0 saturated heterocycles. The Kier molecular flexibility index (Phi) is 4.53. The quantitative estimate of drug-likeness (QED) is 0.846. The summed E-state index contributed by atoms with van der Waals surface area (Å²) in [6, 6.07) is 16.2. The van der Waals surface area contributed by atoms with E-state index in [1.165, 1.54) is 5.56 Å². The molecule has 0 aliphatic carbocycles. The number of rotatable bonds is 5. The molecule has 0 radical (unpaired) electrons. The highest BCUT2D eigenvalue weighted by Crippen LogP contribution is 2.15. The van der Waals surface area contributed by atoms with Crippen LogP contribution in [0.15, 0.2) is 48.5 Å². The van der Waals surface area contributed by atoms with Crippen molar-refractivity contribution in [2.24, 2.45) is 5.73 Å². The van der Waals surface area contributed by atoms with Gasteiger partial charge in [0.05, 0.1) is 4.99 Å². The van der Waals surface area contributed by atoms with Gasteiger partial charge in [-0.3, -0.25) is 0 Å². The first kappa shape index (κ1) is 13.6. The minimum atomic E-state index is 0.508. The first-order chi connectivity index (χ1) is 9.13. The van der Waals surface area contributed by atoms with Gasteiger partial charge in [0, 0.05) is 6.42 Å². The van der Waals surface area contributed by atoms with Gasteiger partial charge in [-0.25, -0.2) is 0 Å². The van der Waals surface area contributed by atoms with Crippen LogP contribution in [0.3, 0.4) is 0 Å². The fourth-order valence-electron chi connectivity index (χ4n) is 1.76. The van der Waals surface area contributed by atoms with Crippen molar-refractivity contribution in [2.45, 2.75) is 20.0 Å². The van der Waals surface area contributed by atoms with Crippen LogP contribution in [0.5, 0.6) is 5.75 Å². The van der Waals surface area contributed by atoms with E-state index in [9.17, 15) is 0 Å². The number of benzene rings is 2. The lowest BCUT2D eigenvalue weighted by Crippen LogP contribution is -2.10. The third-order valence-corrected chi connectivity index (χ3v) is 2.97. The molecule has 19 heavy (non-hydrogen) atoms. The summed E-state index contributed by atoms with van der Waals surface area (Å²) < 4.78 is 5.73. The minimum absolute atomic E-state index is 0.508. The average molecular weight is 271 g/mol. The maximum Gasteiger partial charge on any atom is 0.119 e. The van der Waals surface area contributed by atoms with Crippen LogP contribution in [0.2, 0.25) is 0 Å². The molecule has 0 bridgehead atoms. The third kappa shape index (κ3) is 4.38. The van der Waals surface area contributed by atoms with E-state index in [-0.39, 0.29) is 0 Å². The smallest absolute Gasteiger partial charge is 0.119 e. The summed E-state index contributed by atoms with van der Waals surface area (Å²) in [5.74, 6) is 0.854. The Morgan fingerprint density at radius 1 is 1.00 bits per heavy atom. The summed E-state index contributed by atoms with van der Waals surface area (Å²) in [6.07, 6.45) is 0.633. The largest absolute Gasteiger partial charge is 0.489 e. The van der Waals surface area contributed by atoms with Crippen molar-refractivity contribution in [1.29, 1.82) is 0 Å². The fourth-order valence-corrected chi connectivity index (χ4v) is 1.92. The Bertz CT molecular complexity index is 546. The highest BCUT2D eigenvalue weighted by Gasteiger charge is 1.98. The normalized spacial score (nSPS) is 10.2. The minimum Gasteiger partial charge on any atom is -0.489 e. The van der Waals surface area contributed by atoms with Crippen LogP contribution in [0.25, 0.3) is 0 Å². The summed E-state index contributed by atoms with van der Waals surface area (Å²) in [5.41, 5.74) is 9.04. The zero-order valence-electron chi connectivity index (χ0n) is 10.9. The van der Waals surface area contributed by atoms with Gasteiger partial charge in [0.1, 0.15) is 12.4 Å². The summed E-state index contributed by atoms with van der Waals surface area (Å²) in [5, 5.41) is 0. The number of ether oxygens (including phenoxy) is 1. The molecule has 2 N–H and O–H groups in total. The first-order valence-electron chi connectivity index (χ1n) is 6.19. The van der Waals surface area contributed by atoms with Gasteiger partial charge in [0.25, 0.3) is 0 Å². The molecule has 0 aliphatic heterocycles. The van der Waals surface area contributed by atoms with Crippen LogP contribution < -0.4 is 10.5 Å². The van der Waals surface area contributed by atoms with Crippen molar-refractivity contribution in [2.75, 3.05) is 0 Å². The zero-order chi connectivity index (χ0) is 13.7. The molecule has 2 aromatic carbocycles. The second-order valence-corrected chi connectivity index (χ2v) is 5.09. The highest BCUT2D eigenvalue weighted by molar-refractivity contribution is 7.80. The summed E-state index contributed by atoms with van der Waals surface area (Å²) in [6.45, 7) is 2.65. The van der Waals surface area contributed by atoms with Crippen LogP contribution in [0, 0.1) is 6.92 Å². The lowest BCUT2D eigenvalue weighted by atomic mass is 10.1. The number of thiocarbonyl (C=S) groups is 1. The van der Waals surface area contributed by atoms with Crippen molar-refractivity contribution >= 4 is 17.2 Å². The molecular formula is C16H17NOS. The van der Waals surface area contributed by atoms with Crippen LogP contribution in [-0.4, -0.2) is 4.99 Å². The molecule has 2 aromatic rings. The van der Waals surface area contributed by atoms with Gasteiger partial charge in [-0.2, -0.15) is 0 Å². The summed E-state index contributed by atoms with van der Waals surface area (Å²) in [4.78, 5) is 0.508. The van der Waals surface area contributed by atoms with E-state index >= 15 is 0 Å².